The van der Waals surface area contributed by atoms with E-state index in [2.05, 4.69) is 20.9 Å². The molecule has 2 rings (SSSR count). The number of hydrazine groups is 1. The van der Waals surface area contributed by atoms with Crippen LogP contribution in [0.3, 0.4) is 0 Å². The Bertz CT molecular complexity index is 612. The number of nitrogens with one attached hydrogen (secondary N) is 3. The number of furan rings is 1. The Morgan fingerprint density at radius 3 is 2.52 bits per heavy atom. The van der Waals surface area contributed by atoms with E-state index in [-0.39, 0.29) is 5.75 Å². The van der Waals surface area contributed by atoms with Gasteiger partial charge < -0.3 is 14.5 Å². The monoisotopic (exact) mass is 329 g/mol. The normalized spacial score (nSPS) is 10.9. The summed E-state index contributed by atoms with van der Waals surface area (Å²) >= 11 is 0. The van der Waals surface area contributed by atoms with Gasteiger partial charge in [-0.2, -0.15) is 0 Å². The largest absolute Gasteiger partial charge is 0.573 e. The molecular formula is C14H14F3N3O3. The quantitative estimate of drug-likeness (QED) is 0.712. The van der Waals surface area contributed by atoms with Crippen molar-refractivity contribution < 1.29 is 27.1 Å². The second-order valence-electron chi connectivity index (χ2n) is 4.41. The maximum absolute atomic E-state index is 12.0. The number of ether oxygens (including phenoxy) is 1. The Morgan fingerprint density at radius 1 is 1.17 bits per heavy atom. The Hall–Kier alpha value is -2.84. The van der Waals surface area contributed by atoms with Crippen LogP contribution in [-0.2, 0) is 6.42 Å². The molecule has 2 amide bonds. The number of hydrogen-bond donors (Lipinski definition) is 3. The van der Waals surface area contributed by atoms with Gasteiger partial charge in [0.05, 0.1) is 12.0 Å². The summed E-state index contributed by atoms with van der Waals surface area (Å²) in [6.07, 6.45) is -2.64. The predicted octanol–water partition coefficient (Wildman–Crippen LogP) is 3.05. The van der Waals surface area contributed by atoms with Crippen molar-refractivity contribution in [3.63, 3.8) is 0 Å². The van der Waals surface area contributed by atoms with E-state index in [0.717, 1.165) is 17.9 Å². The van der Waals surface area contributed by atoms with E-state index in [1.165, 1.54) is 12.1 Å². The molecule has 0 fully saturated rings. The Labute approximate surface area is 129 Å². The molecular weight excluding hydrogens is 315 g/mol. The van der Waals surface area contributed by atoms with Crippen LogP contribution in [0.1, 0.15) is 5.76 Å². The summed E-state index contributed by atoms with van der Waals surface area (Å²) in [7, 11) is 0. The lowest BCUT2D eigenvalue weighted by molar-refractivity contribution is -0.274. The van der Waals surface area contributed by atoms with Crippen LogP contribution in [-0.4, -0.2) is 18.9 Å². The average molecular weight is 329 g/mol. The summed E-state index contributed by atoms with van der Waals surface area (Å²) in [5.41, 5.74) is 5.31. The Balaban J connectivity index is 1.69. The van der Waals surface area contributed by atoms with Crippen molar-refractivity contribution in [3.8, 4) is 5.75 Å². The molecule has 1 aromatic carbocycles. The van der Waals surface area contributed by atoms with Crippen molar-refractivity contribution in [1.82, 2.24) is 10.7 Å². The number of anilines is 1. The van der Waals surface area contributed by atoms with E-state index >= 15 is 0 Å². The maximum atomic E-state index is 12.0. The highest BCUT2D eigenvalue weighted by atomic mass is 19.4. The van der Waals surface area contributed by atoms with Gasteiger partial charge in [-0.25, -0.2) is 4.79 Å². The van der Waals surface area contributed by atoms with Gasteiger partial charge in [-0.05, 0) is 36.4 Å². The molecule has 0 atom stereocenters. The first-order chi connectivity index (χ1) is 10.9. The molecule has 6 nitrogen and oxygen atoms in total. The highest BCUT2D eigenvalue weighted by Gasteiger charge is 2.30. The fraction of sp³-hybridized carbons (Fsp3) is 0.214. The van der Waals surface area contributed by atoms with Gasteiger partial charge >= 0.3 is 12.4 Å². The third-order valence-corrected chi connectivity index (χ3v) is 2.65. The van der Waals surface area contributed by atoms with Crippen molar-refractivity contribution in [2.45, 2.75) is 12.8 Å². The number of rotatable bonds is 6. The topological polar surface area (TPSA) is 75.5 Å². The highest BCUT2D eigenvalue weighted by Crippen LogP contribution is 2.23. The van der Waals surface area contributed by atoms with E-state index < -0.39 is 12.4 Å². The minimum atomic E-state index is -4.74. The van der Waals surface area contributed by atoms with Crippen molar-refractivity contribution >= 4 is 11.7 Å². The molecule has 0 aliphatic carbocycles. The summed E-state index contributed by atoms with van der Waals surface area (Å²) in [4.78, 5) is 11.5. The summed E-state index contributed by atoms with van der Waals surface area (Å²) in [6.45, 7) is 0.374. The number of amides is 2. The van der Waals surface area contributed by atoms with Crippen molar-refractivity contribution in [2.75, 3.05) is 12.0 Å². The van der Waals surface area contributed by atoms with Crippen molar-refractivity contribution in [1.29, 1.82) is 0 Å². The molecule has 0 saturated carbocycles. The summed E-state index contributed by atoms with van der Waals surface area (Å²) in [5.74, 6) is 0.407. The first-order valence-corrected chi connectivity index (χ1v) is 6.60. The second kappa shape index (κ2) is 7.43. The van der Waals surface area contributed by atoms with Gasteiger partial charge in [0.15, 0.2) is 0 Å². The van der Waals surface area contributed by atoms with E-state index in [0.29, 0.717) is 18.7 Å². The molecule has 0 radical (unpaired) electrons. The zero-order valence-electron chi connectivity index (χ0n) is 11.8. The molecule has 0 unspecified atom stereocenters. The van der Waals surface area contributed by atoms with Crippen LogP contribution in [0, 0.1) is 0 Å². The fourth-order valence-corrected chi connectivity index (χ4v) is 1.67. The average Bonchev–Trinajstić information content (AvgIpc) is 2.98. The van der Waals surface area contributed by atoms with Crippen LogP contribution in [0.2, 0.25) is 0 Å². The minimum Gasteiger partial charge on any atom is -0.469 e. The van der Waals surface area contributed by atoms with E-state index in [9.17, 15) is 18.0 Å². The SMILES string of the molecule is O=C(NCCc1ccco1)NNc1ccc(OC(F)(F)F)cc1. The number of hydrogen-bond acceptors (Lipinski definition) is 4. The van der Waals surface area contributed by atoms with Gasteiger partial charge in [-0.1, -0.05) is 0 Å². The van der Waals surface area contributed by atoms with Gasteiger partial charge in [0, 0.05) is 13.0 Å². The van der Waals surface area contributed by atoms with E-state index in [1.807, 2.05) is 0 Å². The zero-order valence-corrected chi connectivity index (χ0v) is 11.8. The zero-order chi connectivity index (χ0) is 16.7. The second-order valence-corrected chi connectivity index (χ2v) is 4.41. The number of alkyl halides is 3. The first kappa shape index (κ1) is 16.5. The lowest BCUT2D eigenvalue weighted by atomic mass is 10.3. The van der Waals surface area contributed by atoms with Crippen LogP contribution in [0.15, 0.2) is 47.1 Å². The number of carbonyl (C=O) groups excluding carboxylic acids is 1. The lowest BCUT2D eigenvalue weighted by Gasteiger charge is -2.11. The molecule has 0 saturated heterocycles. The van der Waals surface area contributed by atoms with Gasteiger partial charge in [-0.15, -0.1) is 13.2 Å². The fourth-order valence-electron chi connectivity index (χ4n) is 1.67. The van der Waals surface area contributed by atoms with Crippen LogP contribution >= 0.6 is 0 Å². The molecule has 0 aliphatic rings. The summed E-state index contributed by atoms with van der Waals surface area (Å²) in [5, 5.41) is 2.59. The van der Waals surface area contributed by atoms with Crippen LogP contribution in [0.4, 0.5) is 23.7 Å². The molecule has 9 heteroatoms. The van der Waals surface area contributed by atoms with E-state index in [1.54, 1.807) is 18.4 Å². The number of urea groups is 1. The maximum Gasteiger partial charge on any atom is 0.573 e. The lowest BCUT2D eigenvalue weighted by Crippen LogP contribution is -2.39. The first-order valence-electron chi connectivity index (χ1n) is 6.60. The van der Waals surface area contributed by atoms with Crippen LogP contribution in [0.5, 0.6) is 5.75 Å². The van der Waals surface area contributed by atoms with Crippen molar-refractivity contribution in [3.05, 3.63) is 48.4 Å². The molecule has 23 heavy (non-hydrogen) atoms. The van der Waals surface area contributed by atoms with Gasteiger partial charge in [0.1, 0.15) is 11.5 Å². The standard InChI is InChI=1S/C14H14F3N3O3/c15-14(16,17)23-12-5-3-10(4-6-12)19-20-13(21)18-8-7-11-2-1-9-22-11/h1-6,9,19H,7-8H2,(H2,18,20,21). The molecule has 124 valence electrons. The van der Waals surface area contributed by atoms with Gasteiger partial charge in [-0.3, -0.25) is 10.9 Å². The molecule has 2 aromatic rings. The Kier molecular flexibility index (Phi) is 5.34. The highest BCUT2D eigenvalue weighted by molar-refractivity contribution is 5.75. The third-order valence-electron chi connectivity index (χ3n) is 2.65. The number of benzene rings is 1. The molecule has 3 N–H and O–H groups in total. The molecule has 1 aromatic heterocycles. The smallest absolute Gasteiger partial charge is 0.469 e. The number of carbonyl (C=O) groups is 1. The van der Waals surface area contributed by atoms with Gasteiger partial charge in [0.25, 0.3) is 0 Å². The van der Waals surface area contributed by atoms with Crippen molar-refractivity contribution in [2.24, 2.45) is 0 Å². The van der Waals surface area contributed by atoms with Gasteiger partial charge in [0.2, 0.25) is 0 Å². The third kappa shape index (κ3) is 6.20. The van der Waals surface area contributed by atoms with Crippen LogP contribution in [0.25, 0.3) is 0 Å². The molecule has 0 bridgehead atoms. The predicted molar refractivity (Wildman–Crippen MR) is 75.7 cm³/mol. The minimum absolute atomic E-state index is 0.342. The van der Waals surface area contributed by atoms with E-state index in [4.69, 9.17) is 4.42 Å². The molecule has 1 heterocycles. The summed E-state index contributed by atoms with van der Waals surface area (Å²) < 4.78 is 44.9. The Morgan fingerprint density at radius 2 is 1.91 bits per heavy atom. The van der Waals surface area contributed by atoms with Crippen LogP contribution < -0.4 is 20.9 Å². The number of halogens is 3. The summed E-state index contributed by atoms with van der Waals surface area (Å²) in [6, 6.07) is 8.01. The molecule has 0 spiro atoms. The molecule has 0 aliphatic heterocycles.